The highest BCUT2D eigenvalue weighted by Crippen LogP contribution is 2.13. The van der Waals surface area contributed by atoms with Crippen LogP contribution in [0.3, 0.4) is 0 Å². The van der Waals surface area contributed by atoms with Crippen LogP contribution in [-0.2, 0) is 4.79 Å². The van der Waals surface area contributed by atoms with Gasteiger partial charge in [0.05, 0.1) is 0 Å². The molecule has 1 fully saturated rings. The van der Waals surface area contributed by atoms with Crippen molar-refractivity contribution in [2.75, 3.05) is 13.1 Å². The van der Waals surface area contributed by atoms with E-state index in [1.807, 2.05) is 6.92 Å². The number of carbonyl (C=O) groups is 1. The van der Waals surface area contributed by atoms with Gasteiger partial charge in [-0.25, -0.2) is 0 Å². The van der Waals surface area contributed by atoms with Gasteiger partial charge in [-0.05, 0) is 25.3 Å². The highest BCUT2D eigenvalue weighted by molar-refractivity contribution is 5.85. The lowest BCUT2D eigenvalue weighted by Crippen LogP contribution is -2.51. The van der Waals surface area contributed by atoms with Gasteiger partial charge >= 0.3 is 0 Å². The summed E-state index contributed by atoms with van der Waals surface area (Å²) in [6, 6.07) is 0.325. The zero-order chi connectivity index (χ0) is 11.3. The summed E-state index contributed by atoms with van der Waals surface area (Å²) in [5.74, 6) is 0.977. The molecule has 4 heteroatoms. The van der Waals surface area contributed by atoms with E-state index in [1.165, 1.54) is 0 Å². The monoisotopic (exact) mass is 248 g/mol. The lowest BCUT2D eigenvalue weighted by atomic mass is 9.94. The van der Waals surface area contributed by atoms with Crippen molar-refractivity contribution in [3.05, 3.63) is 0 Å². The van der Waals surface area contributed by atoms with E-state index in [9.17, 15) is 4.79 Å². The average molecular weight is 249 g/mol. The van der Waals surface area contributed by atoms with Gasteiger partial charge in [0.25, 0.3) is 0 Å². The van der Waals surface area contributed by atoms with E-state index in [1.54, 1.807) is 0 Å². The molecule has 0 aromatic heterocycles. The zero-order valence-electron chi connectivity index (χ0n) is 10.6. The molecule has 3 atom stereocenters. The molecule has 1 rings (SSSR count). The normalized spacial score (nSPS) is 26.7. The summed E-state index contributed by atoms with van der Waals surface area (Å²) in [5, 5.41) is 6.48. The van der Waals surface area contributed by atoms with Crippen LogP contribution < -0.4 is 10.6 Å². The molecule has 2 N–H and O–H groups in total. The van der Waals surface area contributed by atoms with Crippen LogP contribution in [0.5, 0.6) is 0 Å². The Morgan fingerprint density at radius 1 is 1.56 bits per heavy atom. The second-order valence-electron chi connectivity index (χ2n) is 4.77. The van der Waals surface area contributed by atoms with E-state index in [2.05, 4.69) is 24.5 Å². The van der Waals surface area contributed by atoms with E-state index in [4.69, 9.17) is 0 Å². The fourth-order valence-corrected chi connectivity index (χ4v) is 2.07. The Kier molecular flexibility index (Phi) is 7.77. The Morgan fingerprint density at radius 3 is 2.81 bits per heavy atom. The molecule has 0 aromatic carbocycles. The fraction of sp³-hybridized carbons (Fsp3) is 0.917. The molecule has 0 bridgehead atoms. The Bertz CT molecular complexity index is 211. The first-order valence-electron chi connectivity index (χ1n) is 6.16. The van der Waals surface area contributed by atoms with Crippen molar-refractivity contribution in [3.63, 3.8) is 0 Å². The van der Waals surface area contributed by atoms with Crippen LogP contribution in [-0.4, -0.2) is 25.0 Å². The van der Waals surface area contributed by atoms with Crippen molar-refractivity contribution in [2.45, 2.75) is 46.1 Å². The molecule has 0 spiro atoms. The lowest BCUT2D eigenvalue weighted by molar-refractivity contribution is -0.125. The summed E-state index contributed by atoms with van der Waals surface area (Å²) < 4.78 is 0. The van der Waals surface area contributed by atoms with Crippen LogP contribution in [0.4, 0.5) is 0 Å². The molecule has 3 unspecified atom stereocenters. The molecular weight excluding hydrogens is 224 g/mol. The minimum Gasteiger partial charge on any atom is -0.352 e. The van der Waals surface area contributed by atoms with Crippen LogP contribution in [0.2, 0.25) is 0 Å². The van der Waals surface area contributed by atoms with Crippen molar-refractivity contribution in [1.82, 2.24) is 10.6 Å². The van der Waals surface area contributed by atoms with Crippen molar-refractivity contribution < 1.29 is 4.79 Å². The summed E-state index contributed by atoms with van der Waals surface area (Å²) in [7, 11) is 0. The van der Waals surface area contributed by atoms with Crippen LogP contribution in [0.25, 0.3) is 0 Å². The summed E-state index contributed by atoms with van der Waals surface area (Å²) in [6.07, 6.45) is 3.22. The van der Waals surface area contributed by atoms with E-state index in [0.29, 0.717) is 12.0 Å². The Labute approximate surface area is 105 Å². The predicted molar refractivity (Wildman–Crippen MR) is 69.9 cm³/mol. The molecule has 3 nitrogen and oxygen atoms in total. The van der Waals surface area contributed by atoms with Gasteiger partial charge in [-0.2, -0.15) is 0 Å². The third kappa shape index (κ3) is 4.71. The van der Waals surface area contributed by atoms with Gasteiger partial charge in [-0.15, -0.1) is 12.4 Å². The number of halogens is 1. The largest absolute Gasteiger partial charge is 0.352 e. The summed E-state index contributed by atoms with van der Waals surface area (Å²) in [4.78, 5) is 11.8. The van der Waals surface area contributed by atoms with Crippen LogP contribution in [0.1, 0.15) is 40.0 Å². The molecule has 0 saturated carbocycles. The maximum Gasteiger partial charge on any atom is 0.223 e. The third-order valence-electron chi connectivity index (χ3n) is 3.32. The molecule has 0 radical (unpaired) electrons. The number of amides is 1. The first-order chi connectivity index (χ1) is 7.15. The molecule has 1 heterocycles. The molecule has 1 aliphatic rings. The van der Waals surface area contributed by atoms with Gasteiger partial charge in [-0.3, -0.25) is 4.79 Å². The number of piperidine rings is 1. The molecule has 96 valence electrons. The smallest absolute Gasteiger partial charge is 0.223 e. The van der Waals surface area contributed by atoms with Gasteiger partial charge in [-0.1, -0.05) is 27.2 Å². The average Bonchev–Trinajstić information content (AvgIpc) is 2.21. The van der Waals surface area contributed by atoms with Crippen LogP contribution >= 0.6 is 12.4 Å². The predicted octanol–water partition coefficient (Wildman–Crippen LogP) is 1.96. The highest BCUT2D eigenvalue weighted by Gasteiger charge is 2.24. The summed E-state index contributed by atoms with van der Waals surface area (Å²) >= 11 is 0. The van der Waals surface area contributed by atoms with Gasteiger partial charge in [0.1, 0.15) is 0 Å². The van der Waals surface area contributed by atoms with Gasteiger partial charge in [0.2, 0.25) is 5.91 Å². The second-order valence-corrected chi connectivity index (χ2v) is 4.77. The minimum atomic E-state index is 0. The van der Waals surface area contributed by atoms with Gasteiger partial charge in [0.15, 0.2) is 0 Å². The second kappa shape index (κ2) is 7.91. The molecule has 1 aliphatic heterocycles. The van der Waals surface area contributed by atoms with Gasteiger partial charge in [0, 0.05) is 18.5 Å². The minimum absolute atomic E-state index is 0. The first kappa shape index (κ1) is 15.7. The van der Waals surface area contributed by atoms with E-state index < -0.39 is 0 Å². The molecule has 0 aromatic rings. The Balaban J connectivity index is 0.00000225. The van der Waals surface area contributed by atoms with Crippen molar-refractivity contribution in [3.8, 4) is 0 Å². The van der Waals surface area contributed by atoms with Crippen molar-refractivity contribution >= 4 is 18.3 Å². The Morgan fingerprint density at radius 2 is 2.25 bits per heavy atom. The summed E-state index contributed by atoms with van der Waals surface area (Å²) in [5.41, 5.74) is 0. The molecule has 1 amide bonds. The third-order valence-corrected chi connectivity index (χ3v) is 3.32. The number of carbonyl (C=O) groups excluding carboxylic acids is 1. The molecule has 0 aliphatic carbocycles. The fourth-order valence-electron chi connectivity index (χ4n) is 2.07. The van der Waals surface area contributed by atoms with Crippen molar-refractivity contribution in [1.29, 1.82) is 0 Å². The van der Waals surface area contributed by atoms with E-state index in [0.717, 1.165) is 32.4 Å². The van der Waals surface area contributed by atoms with Crippen LogP contribution in [0, 0.1) is 11.8 Å². The molecule has 1 saturated heterocycles. The first-order valence-corrected chi connectivity index (χ1v) is 6.16. The van der Waals surface area contributed by atoms with E-state index >= 15 is 0 Å². The van der Waals surface area contributed by atoms with Crippen LogP contribution in [0.15, 0.2) is 0 Å². The topological polar surface area (TPSA) is 41.1 Å². The summed E-state index contributed by atoms with van der Waals surface area (Å²) in [6.45, 7) is 8.36. The Hall–Kier alpha value is -0.280. The van der Waals surface area contributed by atoms with Crippen molar-refractivity contribution in [2.24, 2.45) is 11.8 Å². The number of hydrogen-bond acceptors (Lipinski definition) is 2. The standard InChI is InChI=1S/C12H24N2O.ClH/c1-4-5-10(3)12(15)14-11-8-13-7-6-9(11)2;/h9-11,13H,4-8H2,1-3H3,(H,14,15);1H. The SMILES string of the molecule is CCCC(C)C(=O)NC1CNCCC1C.Cl. The quantitative estimate of drug-likeness (QED) is 0.799. The van der Waals surface area contributed by atoms with Gasteiger partial charge < -0.3 is 10.6 Å². The highest BCUT2D eigenvalue weighted by atomic mass is 35.5. The maximum absolute atomic E-state index is 11.8. The number of nitrogens with one attached hydrogen (secondary N) is 2. The molecular formula is C12H25ClN2O. The number of hydrogen-bond donors (Lipinski definition) is 2. The number of rotatable bonds is 4. The molecule has 16 heavy (non-hydrogen) atoms. The zero-order valence-corrected chi connectivity index (χ0v) is 11.4. The lowest BCUT2D eigenvalue weighted by Gasteiger charge is -2.31. The maximum atomic E-state index is 11.8. The van der Waals surface area contributed by atoms with E-state index in [-0.39, 0.29) is 24.2 Å².